The monoisotopic (exact) mass is 508 g/mol. The first-order chi connectivity index (χ1) is 17.3. The highest BCUT2D eigenvalue weighted by atomic mass is 16.7. The van der Waals surface area contributed by atoms with E-state index in [0.717, 1.165) is 30.9 Å². The van der Waals surface area contributed by atoms with Gasteiger partial charge in [0.1, 0.15) is 19.7 Å². The molecule has 2 N–H and O–H groups in total. The smallest absolute Gasteiger partial charge is 0.327 e. The molecule has 6 atom stereocenters. The van der Waals surface area contributed by atoms with E-state index in [1.54, 1.807) is 19.3 Å². The number of hydrogen-bond donors (Lipinski definition) is 2. The summed E-state index contributed by atoms with van der Waals surface area (Å²) in [5.41, 5.74) is 1.06. The molecular weight excluding hydrogens is 464 g/mol. The van der Waals surface area contributed by atoms with Crippen LogP contribution in [-0.4, -0.2) is 74.5 Å². The van der Waals surface area contributed by atoms with Crippen molar-refractivity contribution in [2.75, 3.05) is 27.8 Å². The van der Waals surface area contributed by atoms with Crippen molar-refractivity contribution in [2.24, 2.45) is 5.92 Å². The highest BCUT2D eigenvalue weighted by Gasteiger charge is 2.21. The number of ether oxygens (including phenoxy) is 5. The molecule has 0 radical (unpaired) electrons. The number of aliphatic hydroxyl groups is 1. The fourth-order valence-corrected chi connectivity index (χ4v) is 4.04. The van der Waals surface area contributed by atoms with E-state index in [2.05, 4.69) is 26.2 Å². The molecule has 0 unspecified atom stereocenters. The Hall–Kier alpha value is -2.07. The maximum atomic E-state index is 10.7. The van der Waals surface area contributed by atoms with Gasteiger partial charge in [-0.15, -0.1) is 6.58 Å². The molecule has 0 aromatic heterocycles. The van der Waals surface area contributed by atoms with Gasteiger partial charge in [-0.3, -0.25) is 0 Å². The van der Waals surface area contributed by atoms with Gasteiger partial charge in [0, 0.05) is 20.3 Å². The Morgan fingerprint density at radius 3 is 2.58 bits per heavy atom. The molecule has 0 amide bonds. The van der Waals surface area contributed by atoms with Gasteiger partial charge in [0.2, 0.25) is 0 Å². The van der Waals surface area contributed by atoms with Crippen molar-refractivity contribution in [3.05, 3.63) is 61.3 Å². The molecule has 8 nitrogen and oxygen atoms in total. The molecule has 0 bridgehead atoms. The Bertz CT molecular complexity index is 729. The summed E-state index contributed by atoms with van der Waals surface area (Å²) in [5.74, 6) is -0.585. The van der Waals surface area contributed by atoms with Gasteiger partial charge in [0.15, 0.2) is 0 Å². The van der Waals surface area contributed by atoms with Crippen LogP contribution in [0, 0.1) is 5.92 Å². The van der Waals surface area contributed by atoms with Crippen LogP contribution in [0.2, 0.25) is 0 Å². The lowest BCUT2D eigenvalue weighted by molar-refractivity contribution is -0.131. The van der Waals surface area contributed by atoms with E-state index in [-0.39, 0.29) is 31.9 Å². The zero-order valence-corrected chi connectivity index (χ0v) is 21.9. The lowest BCUT2D eigenvalue weighted by Crippen LogP contribution is -2.27. The second-order valence-corrected chi connectivity index (χ2v) is 9.05. The Kier molecular flexibility index (Phi) is 17.0. The lowest BCUT2D eigenvalue weighted by atomic mass is 9.91. The van der Waals surface area contributed by atoms with E-state index >= 15 is 0 Å². The van der Waals surface area contributed by atoms with Crippen molar-refractivity contribution < 1.29 is 38.7 Å². The van der Waals surface area contributed by atoms with Gasteiger partial charge in [-0.25, -0.2) is 4.79 Å². The summed E-state index contributed by atoms with van der Waals surface area (Å²) in [6.45, 7) is 10.4. The van der Waals surface area contributed by atoms with Crippen LogP contribution in [0.5, 0.6) is 0 Å². The van der Waals surface area contributed by atoms with Gasteiger partial charge in [-0.2, -0.15) is 0 Å². The van der Waals surface area contributed by atoms with E-state index in [0.29, 0.717) is 25.2 Å². The number of carboxylic acids is 1. The molecule has 0 aromatic carbocycles. The quantitative estimate of drug-likeness (QED) is 0.140. The van der Waals surface area contributed by atoms with Crippen LogP contribution in [0.3, 0.4) is 0 Å². The van der Waals surface area contributed by atoms with E-state index in [1.165, 1.54) is 7.11 Å². The third kappa shape index (κ3) is 14.5. The van der Waals surface area contributed by atoms with E-state index in [1.807, 2.05) is 18.2 Å². The van der Waals surface area contributed by atoms with Gasteiger partial charge in [0.25, 0.3) is 0 Å². The Morgan fingerprint density at radius 1 is 1.19 bits per heavy atom. The topological polar surface area (TPSA) is 104 Å². The molecule has 1 rings (SSSR count). The molecule has 8 heteroatoms. The van der Waals surface area contributed by atoms with E-state index in [9.17, 15) is 9.90 Å². The molecule has 0 fully saturated rings. The van der Waals surface area contributed by atoms with Crippen LogP contribution < -0.4 is 0 Å². The predicted molar refractivity (Wildman–Crippen MR) is 139 cm³/mol. The molecule has 204 valence electrons. The molecule has 0 aromatic rings. The van der Waals surface area contributed by atoms with Crippen LogP contribution in [0.15, 0.2) is 61.3 Å². The first kappa shape index (κ1) is 32.0. The number of rotatable bonds is 20. The molecule has 1 heterocycles. The number of carboxylic acid groups (broad SMARTS) is 1. The maximum absolute atomic E-state index is 10.7. The average Bonchev–Trinajstić information content (AvgIpc) is 2.82. The van der Waals surface area contributed by atoms with E-state index in [4.69, 9.17) is 28.8 Å². The molecule has 36 heavy (non-hydrogen) atoms. The van der Waals surface area contributed by atoms with Gasteiger partial charge in [-0.05, 0) is 44.4 Å². The van der Waals surface area contributed by atoms with Gasteiger partial charge >= 0.3 is 5.97 Å². The highest BCUT2D eigenvalue weighted by Crippen LogP contribution is 2.26. The molecular formula is C28H44O8. The van der Waals surface area contributed by atoms with Crippen molar-refractivity contribution in [1.82, 2.24) is 0 Å². The summed E-state index contributed by atoms with van der Waals surface area (Å²) in [6, 6.07) is 0. The number of aliphatic hydroxyl groups excluding tert-OH is 1. The number of aliphatic carboxylic acids is 1. The normalized spacial score (nSPS) is 21.4. The third-order valence-corrected chi connectivity index (χ3v) is 5.66. The molecule has 0 saturated carbocycles. The van der Waals surface area contributed by atoms with Gasteiger partial charge in [-0.1, -0.05) is 55.5 Å². The second kappa shape index (κ2) is 19.1. The van der Waals surface area contributed by atoms with E-state index < -0.39 is 18.2 Å². The molecule has 1 aliphatic heterocycles. The average molecular weight is 509 g/mol. The van der Waals surface area contributed by atoms with Crippen LogP contribution in [0.1, 0.15) is 45.4 Å². The fourth-order valence-electron chi connectivity index (χ4n) is 4.04. The third-order valence-electron chi connectivity index (χ3n) is 5.66. The summed E-state index contributed by atoms with van der Waals surface area (Å²) in [6.07, 6.45) is 14.9. The zero-order chi connectivity index (χ0) is 26.8. The first-order valence-electron chi connectivity index (χ1n) is 12.4. The van der Waals surface area contributed by atoms with Crippen molar-refractivity contribution in [3.63, 3.8) is 0 Å². The zero-order valence-electron chi connectivity index (χ0n) is 21.9. The molecule has 0 saturated heterocycles. The molecule has 1 aliphatic rings. The summed E-state index contributed by atoms with van der Waals surface area (Å²) >= 11 is 0. The van der Waals surface area contributed by atoms with Crippen molar-refractivity contribution in [2.45, 2.75) is 76.0 Å². The van der Waals surface area contributed by atoms with Crippen molar-refractivity contribution in [1.29, 1.82) is 0 Å². The highest BCUT2D eigenvalue weighted by molar-refractivity contribution is 5.79. The maximum Gasteiger partial charge on any atom is 0.327 e. The number of hydrogen-bond acceptors (Lipinski definition) is 7. The minimum Gasteiger partial charge on any atom is -0.478 e. The summed E-state index contributed by atoms with van der Waals surface area (Å²) in [4.78, 5) is 10.7. The van der Waals surface area contributed by atoms with Crippen LogP contribution >= 0.6 is 0 Å². The summed E-state index contributed by atoms with van der Waals surface area (Å²) in [5, 5.41) is 19.1. The van der Waals surface area contributed by atoms with Gasteiger partial charge in [0.05, 0.1) is 24.4 Å². The minimum atomic E-state index is -0.950. The first-order valence-corrected chi connectivity index (χ1v) is 12.4. The Labute approximate surface area is 215 Å². The largest absolute Gasteiger partial charge is 0.478 e. The van der Waals surface area contributed by atoms with Crippen molar-refractivity contribution >= 4 is 5.97 Å². The molecule has 0 aliphatic carbocycles. The number of methoxy groups -OCH3 is 2. The Morgan fingerprint density at radius 2 is 1.92 bits per heavy atom. The fraction of sp³-hybridized carbons (Fsp3) is 0.607. The van der Waals surface area contributed by atoms with Gasteiger partial charge < -0.3 is 33.9 Å². The predicted octanol–water partition coefficient (Wildman–Crippen LogP) is 4.57. The SMILES string of the molecule is C=C[C@H](OCOC)[C@@H](O)C/C=C/[C@H](CC(=C)C[C@H](C)C[C@@H]1CC=C[C@@H](C/C=C/C(=O)O)O1)OCOC. The Balaban J connectivity index is 2.52. The lowest BCUT2D eigenvalue weighted by Gasteiger charge is -2.28. The van der Waals surface area contributed by atoms with Crippen molar-refractivity contribution in [3.8, 4) is 0 Å². The number of carbonyl (C=O) groups is 1. The molecule has 0 spiro atoms. The standard InChI is InChI=1S/C28H44O8/c1-6-27(35-20-33-5)26(29)14-8-12-24(34-19-32-4)17-21(2)16-22(3)18-25-13-7-10-23(36-25)11-9-15-28(30)31/h6-10,12,15,22-27,29H,1-2,11,13-14,16-20H2,3-5H3,(H,30,31)/b12-8+,15-9+/t22-,23-,24+,25-,26-,27-/m0/s1. The van der Waals surface area contributed by atoms with Crippen LogP contribution in [0.4, 0.5) is 0 Å². The van der Waals surface area contributed by atoms with Crippen LogP contribution in [0.25, 0.3) is 0 Å². The second-order valence-electron chi connectivity index (χ2n) is 9.05. The van der Waals surface area contributed by atoms with Crippen LogP contribution in [-0.2, 0) is 28.5 Å². The minimum absolute atomic E-state index is 0.0830. The summed E-state index contributed by atoms with van der Waals surface area (Å²) in [7, 11) is 3.10. The summed E-state index contributed by atoms with van der Waals surface area (Å²) < 4.78 is 27.3.